The molecule has 0 aromatic carbocycles. The van der Waals surface area contributed by atoms with Crippen molar-refractivity contribution in [3.8, 4) is 5.82 Å². The third-order valence-corrected chi connectivity index (χ3v) is 4.06. The van der Waals surface area contributed by atoms with Gasteiger partial charge < -0.3 is 10.2 Å². The van der Waals surface area contributed by atoms with Crippen LogP contribution in [0, 0.1) is 5.92 Å². The lowest BCUT2D eigenvalue weighted by Gasteiger charge is -2.32. The second-order valence-corrected chi connectivity index (χ2v) is 5.69. The highest BCUT2D eigenvalue weighted by molar-refractivity contribution is 5.94. The van der Waals surface area contributed by atoms with Crippen LogP contribution in [-0.2, 0) is 0 Å². The number of likely N-dealkylation sites (tertiary alicyclic amines) is 1. The van der Waals surface area contributed by atoms with E-state index in [1.807, 2.05) is 24.2 Å². The average molecular weight is 299 g/mol. The number of rotatable bonds is 4. The lowest BCUT2D eigenvalue weighted by molar-refractivity contribution is 0.0674. The Labute approximate surface area is 130 Å². The number of carbonyl (C=O) groups is 1. The molecule has 6 heteroatoms. The molecule has 0 unspecified atom stereocenters. The first kappa shape index (κ1) is 14.7. The third-order valence-electron chi connectivity index (χ3n) is 4.06. The maximum atomic E-state index is 12.7. The zero-order valence-corrected chi connectivity index (χ0v) is 12.8. The van der Waals surface area contributed by atoms with Gasteiger partial charge in [-0.3, -0.25) is 9.36 Å². The number of nitrogens with zero attached hydrogens (tertiary/aromatic N) is 4. The predicted molar refractivity (Wildman–Crippen MR) is 83.9 cm³/mol. The Morgan fingerprint density at radius 1 is 1.45 bits per heavy atom. The zero-order chi connectivity index (χ0) is 15.4. The molecule has 1 amide bonds. The molecule has 2 aromatic heterocycles. The van der Waals surface area contributed by atoms with Crippen molar-refractivity contribution in [1.29, 1.82) is 0 Å². The van der Waals surface area contributed by atoms with Gasteiger partial charge in [-0.1, -0.05) is 0 Å². The first-order valence-corrected chi connectivity index (χ1v) is 7.66. The van der Waals surface area contributed by atoms with Gasteiger partial charge in [0.25, 0.3) is 5.91 Å². The monoisotopic (exact) mass is 299 g/mol. The van der Waals surface area contributed by atoms with Gasteiger partial charge in [0.15, 0.2) is 0 Å². The van der Waals surface area contributed by atoms with Crippen molar-refractivity contribution in [2.75, 3.05) is 26.7 Å². The first-order valence-electron chi connectivity index (χ1n) is 7.66. The molecule has 0 saturated carbocycles. The van der Waals surface area contributed by atoms with E-state index in [0.29, 0.717) is 17.3 Å². The van der Waals surface area contributed by atoms with E-state index in [-0.39, 0.29) is 5.91 Å². The molecule has 116 valence electrons. The van der Waals surface area contributed by atoms with Crippen LogP contribution in [0.3, 0.4) is 0 Å². The Morgan fingerprint density at radius 2 is 2.36 bits per heavy atom. The number of nitrogens with one attached hydrogen (secondary N) is 1. The lowest BCUT2D eigenvalue weighted by Crippen LogP contribution is -2.42. The fraction of sp³-hybridized carbons (Fsp3) is 0.438. The van der Waals surface area contributed by atoms with Crippen molar-refractivity contribution < 1.29 is 4.79 Å². The minimum Gasteiger partial charge on any atom is -0.338 e. The second-order valence-electron chi connectivity index (χ2n) is 5.69. The van der Waals surface area contributed by atoms with Crippen molar-refractivity contribution in [2.24, 2.45) is 5.92 Å². The number of piperidine rings is 1. The van der Waals surface area contributed by atoms with E-state index in [1.54, 1.807) is 29.4 Å². The molecule has 0 radical (unpaired) electrons. The van der Waals surface area contributed by atoms with E-state index < -0.39 is 0 Å². The summed E-state index contributed by atoms with van der Waals surface area (Å²) >= 11 is 0. The Kier molecular flexibility index (Phi) is 4.48. The Bertz CT molecular complexity index is 623. The van der Waals surface area contributed by atoms with Crippen LogP contribution in [0.15, 0.2) is 37.1 Å². The number of pyridine rings is 1. The summed E-state index contributed by atoms with van der Waals surface area (Å²) in [5.74, 6) is 1.34. The molecule has 6 nitrogen and oxygen atoms in total. The van der Waals surface area contributed by atoms with Crippen molar-refractivity contribution >= 4 is 5.91 Å². The Hall–Kier alpha value is -2.21. The fourth-order valence-corrected chi connectivity index (χ4v) is 2.97. The van der Waals surface area contributed by atoms with Crippen LogP contribution in [0.2, 0.25) is 0 Å². The van der Waals surface area contributed by atoms with Gasteiger partial charge in [0.2, 0.25) is 0 Å². The van der Waals surface area contributed by atoms with Gasteiger partial charge in [0.05, 0.1) is 0 Å². The molecular weight excluding hydrogens is 278 g/mol. The molecule has 1 atom stereocenters. The van der Waals surface area contributed by atoms with Gasteiger partial charge in [0, 0.05) is 37.2 Å². The number of hydrogen-bond donors (Lipinski definition) is 1. The summed E-state index contributed by atoms with van der Waals surface area (Å²) in [6.07, 6.45) is 9.13. The number of aromatic nitrogens is 3. The molecule has 1 fully saturated rings. The van der Waals surface area contributed by atoms with Crippen LogP contribution in [0.5, 0.6) is 0 Å². The van der Waals surface area contributed by atoms with Crippen LogP contribution < -0.4 is 5.32 Å². The molecule has 0 aliphatic carbocycles. The van der Waals surface area contributed by atoms with Crippen molar-refractivity contribution in [1.82, 2.24) is 24.8 Å². The van der Waals surface area contributed by atoms with Crippen LogP contribution in [0.4, 0.5) is 0 Å². The predicted octanol–water partition coefficient (Wildman–Crippen LogP) is 1.34. The SMILES string of the molecule is CNC[C@@H]1CCCN(C(=O)c2ccnc(-n3ccnc3)c2)C1. The summed E-state index contributed by atoms with van der Waals surface area (Å²) in [6, 6.07) is 3.61. The van der Waals surface area contributed by atoms with Crippen molar-refractivity contribution in [3.05, 3.63) is 42.6 Å². The molecule has 3 rings (SSSR count). The highest BCUT2D eigenvalue weighted by Gasteiger charge is 2.24. The average Bonchev–Trinajstić information content (AvgIpc) is 3.09. The number of carbonyl (C=O) groups excluding carboxylic acids is 1. The van der Waals surface area contributed by atoms with E-state index in [4.69, 9.17) is 0 Å². The highest BCUT2D eigenvalue weighted by atomic mass is 16.2. The second kappa shape index (κ2) is 6.70. The van der Waals surface area contributed by atoms with Gasteiger partial charge in [-0.2, -0.15) is 0 Å². The largest absolute Gasteiger partial charge is 0.338 e. The molecule has 1 aliphatic heterocycles. The minimum absolute atomic E-state index is 0.0876. The van der Waals surface area contributed by atoms with Crippen molar-refractivity contribution in [2.45, 2.75) is 12.8 Å². The van der Waals surface area contributed by atoms with Crippen molar-refractivity contribution in [3.63, 3.8) is 0 Å². The molecule has 2 aromatic rings. The normalized spacial score (nSPS) is 18.4. The first-order chi connectivity index (χ1) is 10.8. The topological polar surface area (TPSA) is 63.1 Å². The van der Waals surface area contributed by atoms with E-state index in [0.717, 1.165) is 26.1 Å². The zero-order valence-electron chi connectivity index (χ0n) is 12.8. The maximum Gasteiger partial charge on any atom is 0.254 e. The summed E-state index contributed by atoms with van der Waals surface area (Å²) < 4.78 is 1.80. The van der Waals surface area contributed by atoms with Gasteiger partial charge in [-0.15, -0.1) is 0 Å². The molecule has 0 spiro atoms. The number of amides is 1. The van der Waals surface area contributed by atoms with Crippen LogP contribution in [0.1, 0.15) is 23.2 Å². The molecular formula is C16H21N5O. The van der Waals surface area contributed by atoms with E-state index in [9.17, 15) is 4.79 Å². The summed E-state index contributed by atoms with van der Waals surface area (Å²) in [5, 5.41) is 3.21. The number of imidazole rings is 1. The standard InChI is InChI=1S/C16H21N5O/c1-17-10-13-3-2-7-20(11-13)16(22)14-4-5-19-15(9-14)21-8-6-18-12-21/h4-6,8-9,12-13,17H,2-3,7,10-11H2,1H3/t13-/m0/s1. The quantitative estimate of drug-likeness (QED) is 0.925. The molecule has 0 bridgehead atoms. The Morgan fingerprint density at radius 3 is 3.14 bits per heavy atom. The minimum atomic E-state index is 0.0876. The van der Waals surface area contributed by atoms with E-state index in [1.165, 1.54) is 6.42 Å². The molecule has 1 N–H and O–H groups in total. The van der Waals surface area contributed by atoms with Gasteiger partial charge in [-0.25, -0.2) is 9.97 Å². The fourth-order valence-electron chi connectivity index (χ4n) is 2.97. The smallest absolute Gasteiger partial charge is 0.254 e. The van der Waals surface area contributed by atoms with Crippen LogP contribution in [-0.4, -0.2) is 52.0 Å². The van der Waals surface area contributed by atoms with Gasteiger partial charge >= 0.3 is 0 Å². The van der Waals surface area contributed by atoms with Crippen LogP contribution in [0.25, 0.3) is 5.82 Å². The van der Waals surface area contributed by atoms with Gasteiger partial charge in [0.1, 0.15) is 12.1 Å². The summed E-state index contributed by atoms with van der Waals surface area (Å²) in [4.78, 5) is 23.0. The maximum absolute atomic E-state index is 12.7. The summed E-state index contributed by atoms with van der Waals surface area (Å²) in [7, 11) is 1.96. The summed E-state index contributed by atoms with van der Waals surface area (Å²) in [6.45, 7) is 2.62. The lowest BCUT2D eigenvalue weighted by atomic mass is 9.97. The Balaban J connectivity index is 1.76. The van der Waals surface area contributed by atoms with Gasteiger partial charge in [-0.05, 0) is 44.5 Å². The molecule has 3 heterocycles. The van der Waals surface area contributed by atoms with Crippen LogP contribution >= 0.6 is 0 Å². The molecule has 1 aliphatic rings. The molecule has 1 saturated heterocycles. The third kappa shape index (κ3) is 3.17. The van der Waals surface area contributed by atoms with E-state index in [2.05, 4.69) is 15.3 Å². The number of hydrogen-bond acceptors (Lipinski definition) is 4. The van der Waals surface area contributed by atoms with E-state index >= 15 is 0 Å². The highest BCUT2D eigenvalue weighted by Crippen LogP contribution is 2.18. The molecule has 22 heavy (non-hydrogen) atoms. The summed E-state index contributed by atoms with van der Waals surface area (Å²) in [5.41, 5.74) is 0.684.